The molecule has 18 heavy (non-hydrogen) atoms. The lowest BCUT2D eigenvalue weighted by atomic mass is 10.0. The van der Waals surface area contributed by atoms with Gasteiger partial charge in [-0.05, 0) is 0 Å². The van der Waals surface area contributed by atoms with Gasteiger partial charge in [0.1, 0.15) is 0 Å². The van der Waals surface area contributed by atoms with Crippen LogP contribution in [0.4, 0.5) is 5.69 Å². The van der Waals surface area contributed by atoms with Crippen LogP contribution in [0.5, 0.6) is 0 Å². The molecule has 0 aromatic carbocycles. The van der Waals surface area contributed by atoms with Crippen LogP contribution >= 0.6 is 0 Å². The molecule has 0 bridgehead atoms. The Kier molecular flexibility index (Phi) is 2.60. The Hall–Kier alpha value is -2.15. The molecule has 0 saturated carbocycles. The molecule has 2 aromatic heterocycles. The topological polar surface area (TPSA) is 87.6 Å². The Balaban J connectivity index is 1.67. The van der Waals surface area contributed by atoms with Crippen LogP contribution in [0.1, 0.15) is 11.4 Å². The summed E-state index contributed by atoms with van der Waals surface area (Å²) in [6.45, 7) is 0.639. The number of fused-ring (bicyclic) bond motifs is 1. The second kappa shape index (κ2) is 4.26. The van der Waals surface area contributed by atoms with Crippen molar-refractivity contribution in [1.82, 2.24) is 25.1 Å². The minimum atomic E-state index is -0.249. The SMILES string of the molecule is Cn1cc(NC(=O)C2Cc3nc[nH]c3CN2)cn1. The fraction of sp³-hybridized carbons (Fsp3) is 0.364. The molecule has 3 rings (SSSR count). The summed E-state index contributed by atoms with van der Waals surface area (Å²) in [7, 11) is 1.81. The smallest absolute Gasteiger partial charge is 0.242 e. The number of nitrogens with zero attached hydrogens (tertiary/aromatic N) is 3. The number of hydrogen-bond acceptors (Lipinski definition) is 4. The van der Waals surface area contributed by atoms with Crippen molar-refractivity contribution < 1.29 is 4.79 Å². The molecule has 0 radical (unpaired) electrons. The van der Waals surface area contributed by atoms with Gasteiger partial charge in [0, 0.05) is 26.2 Å². The molecule has 7 nitrogen and oxygen atoms in total. The van der Waals surface area contributed by atoms with E-state index in [-0.39, 0.29) is 11.9 Å². The van der Waals surface area contributed by atoms with E-state index >= 15 is 0 Å². The van der Waals surface area contributed by atoms with E-state index in [1.165, 1.54) is 0 Å². The van der Waals surface area contributed by atoms with Crippen molar-refractivity contribution in [1.29, 1.82) is 0 Å². The van der Waals surface area contributed by atoms with E-state index in [0.29, 0.717) is 18.7 Å². The predicted octanol–water partition coefficient (Wildman–Crippen LogP) is -0.204. The third-order valence-corrected chi connectivity index (χ3v) is 3.02. The Morgan fingerprint density at radius 1 is 1.61 bits per heavy atom. The minimum Gasteiger partial charge on any atom is -0.347 e. The number of carbonyl (C=O) groups is 1. The fourth-order valence-corrected chi connectivity index (χ4v) is 2.07. The van der Waals surface area contributed by atoms with Crippen LogP contribution in [-0.2, 0) is 24.8 Å². The van der Waals surface area contributed by atoms with Crippen LogP contribution < -0.4 is 10.6 Å². The number of amides is 1. The lowest BCUT2D eigenvalue weighted by Gasteiger charge is -2.21. The van der Waals surface area contributed by atoms with E-state index < -0.39 is 0 Å². The summed E-state index contributed by atoms with van der Waals surface area (Å²) in [5, 5.41) is 10.0. The van der Waals surface area contributed by atoms with Gasteiger partial charge in [0.15, 0.2) is 0 Å². The van der Waals surface area contributed by atoms with Gasteiger partial charge in [-0.2, -0.15) is 5.10 Å². The lowest BCUT2D eigenvalue weighted by Crippen LogP contribution is -2.44. The van der Waals surface area contributed by atoms with Gasteiger partial charge < -0.3 is 10.3 Å². The molecule has 1 atom stereocenters. The third kappa shape index (κ3) is 2.00. The maximum atomic E-state index is 12.1. The number of rotatable bonds is 2. The molecule has 7 heteroatoms. The quantitative estimate of drug-likeness (QED) is 0.684. The highest BCUT2D eigenvalue weighted by molar-refractivity contribution is 5.94. The first-order valence-corrected chi connectivity index (χ1v) is 5.76. The van der Waals surface area contributed by atoms with Crippen molar-refractivity contribution in [3.8, 4) is 0 Å². The summed E-state index contributed by atoms with van der Waals surface area (Å²) in [6, 6.07) is -0.249. The summed E-state index contributed by atoms with van der Waals surface area (Å²) in [5.74, 6) is -0.0587. The van der Waals surface area contributed by atoms with Crippen molar-refractivity contribution in [2.24, 2.45) is 7.05 Å². The summed E-state index contributed by atoms with van der Waals surface area (Å²) in [5.41, 5.74) is 2.72. The van der Waals surface area contributed by atoms with Gasteiger partial charge in [0.2, 0.25) is 5.91 Å². The zero-order chi connectivity index (χ0) is 12.5. The molecule has 0 saturated heterocycles. The number of aromatic amines is 1. The first-order valence-electron chi connectivity index (χ1n) is 5.76. The number of hydrogen-bond donors (Lipinski definition) is 3. The minimum absolute atomic E-state index is 0.0587. The van der Waals surface area contributed by atoms with Crippen molar-refractivity contribution in [3.05, 3.63) is 30.1 Å². The number of H-pyrrole nitrogens is 1. The first kappa shape index (κ1) is 11.0. The molecule has 0 fully saturated rings. The Morgan fingerprint density at radius 3 is 3.28 bits per heavy atom. The van der Waals surface area contributed by atoms with E-state index in [0.717, 1.165) is 11.4 Å². The van der Waals surface area contributed by atoms with Gasteiger partial charge in [0.25, 0.3) is 0 Å². The third-order valence-electron chi connectivity index (χ3n) is 3.02. The number of aryl methyl sites for hydroxylation is 1. The molecule has 2 aromatic rings. The van der Waals surface area contributed by atoms with Crippen LogP contribution in [-0.4, -0.2) is 31.7 Å². The van der Waals surface area contributed by atoms with Crippen LogP contribution in [0.2, 0.25) is 0 Å². The van der Waals surface area contributed by atoms with E-state index in [1.807, 2.05) is 7.05 Å². The normalized spacial score (nSPS) is 18.4. The molecule has 94 valence electrons. The number of anilines is 1. The molecule has 0 aliphatic carbocycles. The van der Waals surface area contributed by atoms with Crippen LogP contribution in [0.25, 0.3) is 0 Å². The van der Waals surface area contributed by atoms with Crippen LogP contribution in [0, 0.1) is 0 Å². The van der Waals surface area contributed by atoms with Gasteiger partial charge in [-0.1, -0.05) is 0 Å². The highest BCUT2D eigenvalue weighted by atomic mass is 16.2. The van der Waals surface area contributed by atoms with E-state index in [1.54, 1.807) is 23.4 Å². The molecule has 1 aliphatic rings. The second-order valence-corrected chi connectivity index (χ2v) is 4.36. The Bertz CT molecular complexity index is 572. The lowest BCUT2D eigenvalue weighted by molar-refractivity contribution is -0.118. The van der Waals surface area contributed by atoms with Gasteiger partial charge >= 0.3 is 0 Å². The van der Waals surface area contributed by atoms with E-state index in [9.17, 15) is 4.79 Å². The number of imidazole rings is 1. The molecule has 0 spiro atoms. The number of nitrogens with one attached hydrogen (secondary N) is 3. The first-order chi connectivity index (χ1) is 8.72. The molecule has 1 unspecified atom stereocenters. The zero-order valence-corrected chi connectivity index (χ0v) is 9.97. The highest BCUT2D eigenvalue weighted by Gasteiger charge is 2.25. The average Bonchev–Trinajstić information content (AvgIpc) is 2.96. The van der Waals surface area contributed by atoms with Crippen molar-refractivity contribution in [3.63, 3.8) is 0 Å². The zero-order valence-electron chi connectivity index (χ0n) is 9.97. The maximum Gasteiger partial charge on any atom is 0.242 e. The van der Waals surface area contributed by atoms with Crippen molar-refractivity contribution in [2.75, 3.05) is 5.32 Å². The van der Waals surface area contributed by atoms with Gasteiger partial charge in [-0.3, -0.25) is 14.8 Å². The van der Waals surface area contributed by atoms with E-state index in [2.05, 4.69) is 25.7 Å². The monoisotopic (exact) mass is 246 g/mol. The molecular weight excluding hydrogens is 232 g/mol. The fourth-order valence-electron chi connectivity index (χ4n) is 2.07. The Labute approximate surface area is 104 Å². The number of aromatic nitrogens is 4. The largest absolute Gasteiger partial charge is 0.347 e. The van der Waals surface area contributed by atoms with Crippen molar-refractivity contribution >= 4 is 11.6 Å². The molecule has 3 heterocycles. The summed E-state index contributed by atoms with van der Waals surface area (Å²) < 4.78 is 1.65. The van der Waals surface area contributed by atoms with Gasteiger partial charge in [-0.25, -0.2) is 4.98 Å². The van der Waals surface area contributed by atoms with Gasteiger partial charge in [0.05, 0.1) is 35.6 Å². The van der Waals surface area contributed by atoms with E-state index in [4.69, 9.17) is 0 Å². The maximum absolute atomic E-state index is 12.1. The molecule has 1 amide bonds. The highest BCUT2D eigenvalue weighted by Crippen LogP contribution is 2.13. The Morgan fingerprint density at radius 2 is 2.50 bits per heavy atom. The number of carbonyl (C=O) groups excluding carboxylic acids is 1. The standard InChI is InChI=1S/C11H14N6O/c1-17-5-7(3-15-17)16-11(18)9-2-8-10(4-12-9)14-6-13-8/h3,5-6,9,12H,2,4H2,1H3,(H,13,14)(H,16,18). The molecular formula is C11H14N6O. The van der Waals surface area contributed by atoms with Gasteiger partial charge in [-0.15, -0.1) is 0 Å². The van der Waals surface area contributed by atoms with Crippen LogP contribution in [0.3, 0.4) is 0 Å². The summed E-state index contributed by atoms with van der Waals surface area (Å²) in [4.78, 5) is 19.3. The molecule has 3 N–H and O–H groups in total. The predicted molar refractivity (Wildman–Crippen MR) is 64.8 cm³/mol. The summed E-state index contributed by atoms with van der Waals surface area (Å²) >= 11 is 0. The van der Waals surface area contributed by atoms with Crippen molar-refractivity contribution in [2.45, 2.75) is 19.0 Å². The van der Waals surface area contributed by atoms with Crippen LogP contribution in [0.15, 0.2) is 18.7 Å². The second-order valence-electron chi connectivity index (χ2n) is 4.36. The molecule has 1 aliphatic heterocycles. The summed E-state index contributed by atoms with van der Waals surface area (Å²) in [6.07, 6.45) is 5.65. The average molecular weight is 246 g/mol.